The predicted octanol–water partition coefficient (Wildman–Crippen LogP) is 1.02. The SMILES string of the molecule is CN(CC1CCCCO1)C(=O)c1cc[nH]c(=O)c1. The van der Waals surface area contributed by atoms with E-state index in [2.05, 4.69) is 4.98 Å². The van der Waals surface area contributed by atoms with Crippen molar-refractivity contribution in [2.75, 3.05) is 20.2 Å². The van der Waals surface area contributed by atoms with Gasteiger partial charge in [-0.2, -0.15) is 0 Å². The smallest absolute Gasteiger partial charge is 0.253 e. The van der Waals surface area contributed by atoms with Crippen molar-refractivity contribution in [2.45, 2.75) is 25.4 Å². The number of hydrogen-bond acceptors (Lipinski definition) is 3. The molecule has 1 aromatic rings. The van der Waals surface area contributed by atoms with Gasteiger partial charge in [-0.1, -0.05) is 0 Å². The molecule has 5 heteroatoms. The maximum atomic E-state index is 12.1. The number of amides is 1. The van der Waals surface area contributed by atoms with Gasteiger partial charge in [0.2, 0.25) is 5.56 Å². The van der Waals surface area contributed by atoms with Crippen LogP contribution in [0.15, 0.2) is 23.1 Å². The van der Waals surface area contributed by atoms with Gasteiger partial charge in [0.15, 0.2) is 0 Å². The molecule has 0 aliphatic carbocycles. The highest BCUT2D eigenvalue weighted by Gasteiger charge is 2.19. The first-order valence-corrected chi connectivity index (χ1v) is 6.22. The fourth-order valence-electron chi connectivity index (χ4n) is 2.14. The first-order valence-electron chi connectivity index (χ1n) is 6.22. The van der Waals surface area contributed by atoms with Crippen LogP contribution in [0.2, 0.25) is 0 Å². The Bertz CT molecular complexity index is 463. The van der Waals surface area contributed by atoms with Crippen molar-refractivity contribution in [1.29, 1.82) is 0 Å². The minimum Gasteiger partial charge on any atom is -0.376 e. The molecule has 1 atom stereocenters. The van der Waals surface area contributed by atoms with Gasteiger partial charge in [0, 0.05) is 38.0 Å². The van der Waals surface area contributed by atoms with Crippen LogP contribution in [0.25, 0.3) is 0 Å². The normalized spacial score (nSPS) is 19.5. The van der Waals surface area contributed by atoms with Gasteiger partial charge in [0.05, 0.1) is 6.10 Å². The number of nitrogens with one attached hydrogen (secondary N) is 1. The molecule has 98 valence electrons. The Morgan fingerprint density at radius 1 is 1.56 bits per heavy atom. The highest BCUT2D eigenvalue weighted by Crippen LogP contribution is 2.14. The number of pyridine rings is 1. The molecule has 2 rings (SSSR count). The van der Waals surface area contributed by atoms with Gasteiger partial charge in [-0.25, -0.2) is 0 Å². The van der Waals surface area contributed by atoms with Crippen molar-refractivity contribution in [2.24, 2.45) is 0 Å². The Balaban J connectivity index is 1.97. The Morgan fingerprint density at radius 3 is 3.06 bits per heavy atom. The Kier molecular flexibility index (Phi) is 4.15. The minimum absolute atomic E-state index is 0.120. The van der Waals surface area contributed by atoms with Crippen LogP contribution in [-0.2, 0) is 4.74 Å². The maximum Gasteiger partial charge on any atom is 0.253 e. The fourth-order valence-corrected chi connectivity index (χ4v) is 2.14. The van der Waals surface area contributed by atoms with E-state index < -0.39 is 0 Å². The average Bonchev–Trinajstić information content (AvgIpc) is 2.39. The van der Waals surface area contributed by atoms with E-state index in [-0.39, 0.29) is 17.6 Å². The van der Waals surface area contributed by atoms with Crippen LogP contribution in [0.3, 0.4) is 0 Å². The third-order valence-corrected chi connectivity index (χ3v) is 3.12. The first kappa shape index (κ1) is 12.8. The van der Waals surface area contributed by atoms with Crippen molar-refractivity contribution in [3.8, 4) is 0 Å². The van der Waals surface area contributed by atoms with E-state index in [9.17, 15) is 9.59 Å². The molecule has 2 heterocycles. The summed E-state index contributed by atoms with van der Waals surface area (Å²) in [5, 5.41) is 0. The van der Waals surface area contributed by atoms with Gasteiger partial charge in [0.1, 0.15) is 0 Å². The second kappa shape index (κ2) is 5.82. The first-order chi connectivity index (χ1) is 8.66. The molecule has 1 aliphatic heterocycles. The topological polar surface area (TPSA) is 62.4 Å². The molecule has 0 saturated carbocycles. The third kappa shape index (κ3) is 3.20. The number of carbonyl (C=O) groups excluding carboxylic acids is 1. The summed E-state index contributed by atoms with van der Waals surface area (Å²) >= 11 is 0. The standard InChI is InChI=1S/C13H18N2O3/c1-15(9-11-4-2-3-7-18-11)13(17)10-5-6-14-12(16)8-10/h5-6,8,11H,2-4,7,9H2,1H3,(H,14,16). The van der Waals surface area contributed by atoms with Crippen molar-refractivity contribution in [3.63, 3.8) is 0 Å². The summed E-state index contributed by atoms with van der Waals surface area (Å²) in [7, 11) is 1.74. The molecule has 1 saturated heterocycles. The second-order valence-corrected chi connectivity index (χ2v) is 4.62. The lowest BCUT2D eigenvalue weighted by molar-refractivity contribution is -0.000190. The zero-order chi connectivity index (χ0) is 13.0. The summed E-state index contributed by atoms with van der Waals surface area (Å²) in [4.78, 5) is 27.4. The van der Waals surface area contributed by atoms with E-state index in [4.69, 9.17) is 4.74 Å². The van der Waals surface area contributed by atoms with Crippen molar-refractivity contribution in [3.05, 3.63) is 34.2 Å². The van der Waals surface area contributed by atoms with Gasteiger partial charge in [-0.05, 0) is 25.3 Å². The van der Waals surface area contributed by atoms with Crippen LogP contribution >= 0.6 is 0 Å². The third-order valence-electron chi connectivity index (χ3n) is 3.12. The molecular weight excluding hydrogens is 232 g/mol. The zero-order valence-electron chi connectivity index (χ0n) is 10.5. The molecule has 1 aromatic heterocycles. The molecular formula is C13H18N2O3. The van der Waals surface area contributed by atoms with E-state index in [1.54, 1.807) is 18.0 Å². The van der Waals surface area contributed by atoms with Crippen LogP contribution in [0.5, 0.6) is 0 Å². The monoisotopic (exact) mass is 250 g/mol. The van der Waals surface area contributed by atoms with Crippen LogP contribution in [-0.4, -0.2) is 42.1 Å². The maximum absolute atomic E-state index is 12.1. The predicted molar refractivity (Wildman–Crippen MR) is 67.6 cm³/mol. The fraction of sp³-hybridized carbons (Fsp3) is 0.538. The largest absolute Gasteiger partial charge is 0.376 e. The van der Waals surface area contributed by atoms with Crippen molar-refractivity contribution in [1.82, 2.24) is 9.88 Å². The van der Waals surface area contributed by atoms with Crippen molar-refractivity contribution >= 4 is 5.91 Å². The Labute approximate surface area is 106 Å². The van der Waals surface area contributed by atoms with Gasteiger partial charge < -0.3 is 14.6 Å². The van der Waals surface area contributed by atoms with E-state index in [1.165, 1.54) is 12.3 Å². The zero-order valence-corrected chi connectivity index (χ0v) is 10.5. The molecule has 1 N–H and O–H groups in total. The number of carbonyl (C=O) groups is 1. The number of hydrogen-bond donors (Lipinski definition) is 1. The molecule has 0 radical (unpaired) electrons. The lowest BCUT2D eigenvalue weighted by atomic mass is 10.1. The summed E-state index contributed by atoms with van der Waals surface area (Å²) in [5.74, 6) is -0.143. The molecule has 0 bridgehead atoms. The average molecular weight is 250 g/mol. The van der Waals surface area contributed by atoms with E-state index in [1.807, 2.05) is 0 Å². The number of aromatic amines is 1. The summed E-state index contributed by atoms with van der Waals surface area (Å²) in [5.41, 5.74) is 0.153. The lowest BCUT2D eigenvalue weighted by Crippen LogP contribution is -2.37. The lowest BCUT2D eigenvalue weighted by Gasteiger charge is -2.27. The van der Waals surface area contributed by atoms with E-state index >= 15 is 0 Å². The Morgan fingerprint density at radius 2 is 2.39 bits per heavy atom. The molecule has 0 spiro atoms. The quantitative estimate of drug-likeness (QED) is 0.871. The summed E-state index contributed by atoms with van der Waals surface area (Å²) in [6.45, 7) is 1.35. The van der Waals surface area contributed by atoms with Gasteiger partial charge in [-0.3, -0.25) is 9.59 Å². The molecule has 1 unspecified atom stereocenters. The summed E-state index contributed by atoms with van der Waals surface area (Å²) in [6.07, 6.45) is 4.85. The van der Waals surface area contributed by atoms with Crippen LogP contribution in [0.4, 0.5) is 0 Å². The molecule has 1 fully saturated rings. The molecule has 0 aromatic carbocycles. The van der Waals surface area contributed by atoms with Gasteiger partial charge in [-0.15, -0.1) is 0 Å². The van der Waals surface area contributed by atoms with Crippen LogP contribution in [0.1, 0.15) is 29.6 Å². The van der Waals surface area contributed by atoms with Gasteiger partial charge >= 0.3 is 0 Å². The second-order valence-electron chi connectivity index (χ2n) is 4.62. The Hall–Kier alpha value is -1.62. The number of ether oxygens (including phenoxy) is 1. The van der Waals surface area contributed by atoms with Crippen LogP contribution < -0.4 is 5.56 Å². The number of rotatable bonds is 3. The summed E-state index contributed by atoms with van der Waals surface area (Å²) < 4.78 is 5.60. The molecule has 1 amide bonds. The summed E-state index contributed by atoms with van der Waals surface area (Å²) in [6, 6.07) is 2.93. The molecule has 1 aliphatic rings. The number of likely N-dealkylation sites (N-methyl/N-ethyl adjacent to an activating group) is 1. The minimum atomic E-state index is -0.261. The van der Waals surface area contributed by atoms with Crippen LogP contribution in [0, 0.1) is 0 Å². The number of nitrogens with zero attached hydrogens (tertiary/aromatic N) is 1. The molecule has 18 heavy (non-hydrogen) atoms. The highest BCUT2D eigenvalue weighted by molar-refractivity contribution is 5.93. The number of aromatic nitrogens is 1. The van der Waals surface area contributed by atoms with E-state index in [0.717, 1.165) is 25.9 Å². The van der Waals surface area contributed by atoms with E-state index in [0.29, 0.717) is 12.1 Å². The van der Waals surface area contributed by atoms with Crippen molar-refractivity contribution < 1.29 is 9.53 Å². The number of H-pyrrole nitrogens is 1. The van der Waals surface area contributed by atoms with Gasteiger partial charge in [0.25, 0.3) is 5.91 Å². The highest BCUT2D eigenvalue weighted by atomic mass is 16.5. The molecule has 5 nitrogen and oxygen atoms in total.